The van der Waals surface area contributed by atoms with Crippen molar-refractivity contribution in [3.63, 3.8) is 0 Å². The molecule has 1 aromatic heterocycles. The van der Waals surface area contributed by atoms with E-state index in [4.69, 9.17) is 4.42 Å². The van der Waals surface area contributed by atoms with Crippen LogP contribution >= 0.6 is 0 Å². The average molecular weight is 269 g/mol. The average Bonchev–Trinajstić information content (AvgIpc) is 3.21. The van der Waals surface area contributed by atoms with Crippen molar-refractivity contribution in [2.45, 2.75) is 52.1 Å². The molecule has 0 amide bonds. The van der Waals surface area contributed by atoms with Gasteiger partial charge in [0, 0.05) is 11.6 Å². The molecule has 1 saturated carbocycles. The highest BCUT2D eigenvalue weighted by atomic mass is 16.3. The molecular weight excluding hydrogens is 246 g/mol. The lowest BCUT2D eigenvalue weighted by Crippen LogP contribution is -2.15. The van der Waals surface area contributed by atoms with Gasteiger partial charge in [-0.1, -0.05) is 32.0 Å². The van der Waals surface area contributed by atoms with E-state index >= 15 is 0 Å². The van der Waals surface area contributed by atoms with E-state index in [9.17, 15) is 0 Å². The maximum absolute atomic E-state index is 5.66. The molecule has 0 aliphatic heterocycles. The fraction of sp³-hybridized carbons (Fsp3) is 0.444. The summed E-state index contributed by atoms with van der Waals surface area (Å²) in [5.74, 6) is 1.06. The number of nitrogens with one attached hydrogen (secondary N) is 1. The Morgan fingerprint density at radius 3 is 2.60 bits per heavy atom. The second-order valence-electron chi connectivity index (χ2n) is 5.60. The number of benzene rings is 1. The Labute approximate surface area is 121 Å². The Hall–Kier alpha value is -1.54. The molecule has 0 unspecified atom stereocenters. The van der Waals surface area contributed by atoms with Gasteiger partial charge in [-0.05, 0) is 48.4 Å². The van der Waals surface area contributed by atoms with E-state index in [2.05, 4.69) is 43.4 Å². The molecule has 1 aliphatic carbocycles. The van der Waals surface area contributed by atoms with Gasteiger partial charge < -0.3 is 9.73 Å². The number of aryl methyl sites for hydroxylation is 2. The zero-order chi connectivity index (χ0) is 13.9. The Balaban J connectivity index is 1.86. The number of rotatable bonds is 6. The van der Waals surface area contributed by atoms with Crippen molar-refractivity contribution in [3.05, 3.63) is 47.4 Å². The summed E-state index contributed by atoms with van der Waals surface area (Å²) in [4.78, 5) is 0. The lowest BCUT2D eigenvalue weighted by molar-refractivity contribution is 0.483. The first kappa shape index (κ1) is 13.4. The Morgan fingerprint density at radius 1 is 1.10 bits per heavy atom. The Kier molecular flexibility index (Phi) is 3.93. The number of hydrogen-bond acceptors (Lipinski definition) is 2. The summed E-state index contributed by atoms with van der Waals surface area (Å²) in [5, 5.41) is 3.53. The van der Waals surface area contributed by atoms with Crippen molar-refractivity contribution in [2.24, 2.45) is 0 Å². The molecule has 2 aromatic rings. The highest BCUT2D eigenvalue weighted by Gasteiger charge is 2.21. The molecule has 3 rings (SSSR count). The monoisotopic (exact) mass is 269 g/mol. The van der Waals surface area contributed by atoms with E-state index in [1.165, 1.54) is 35.1 Å². The van der Waals surface area contributed by atoms with Crippen LogP contribution in [0, 0.1) is 0 Å². The summed E-state index contributed by atoms with van der Waals surface area (Å²) in [6.07, 6.45) is 6.61. The smallest absolute Gasteiger partial charge is 0.125 e. The van der Waals surface area contributed by atoms with Gasteiger partial charge in [0.1, 0.15) is 5.76 Å². The van der Waals surface area contributed by atoms with E-state index in [1.54, 1.807) is 6.26 Å². The van der Waals surface area contributed by atoms with Crippen molar-refractivity contribution in [1.82, 2.24) is 5.32 Å². The first-order chi connectivity index (χ1) is 9.81. The molecule has 1 aromatic carbocycles. The molecule has 20 heavy (non-hydrogen) atoms. The van der Waals surface area contributed by atoms with Crippen molar-refractivity contribution in [1.29, 1.82) is 0 Å². The minimum atomic E-state index is 0.710. The minimum Gasteiger partial charge on any atom is -0.467 e. The van der Waals surface area contributed by atoms with E-state index in [0.29, 0.717) is 6.04 Å². The third kappa shape index (κ3) is 2.80. The molecule has 0 bridgehead atoms. The topological polar surface area (TPSA) is 25.2 Å². The van der Waals surface area contributed by atoms with Crippen LogP contribution in [0.1, 0.15) is 43.6 Å². The molecular formula is C18H23NO. The first-order valence-electron chi connectivity index (χ1n) is 7.73. The van der Waals surface area contributed by atoms with Crippen LogP contribution < -0.4 is 5.32 Å². The predicted molar refractivity (Wildman–Crippen MR) is 82.8 cm³/mol. The van der Waals surface area contributed by atoms with Gasteiger partial charge in [-0.15, -0.1) is 0 Å². The maximum atomic E-state index is 5.66. The van der Waals surface area contributed by atoms with Gasteiger partial charge in [0.2, 0.25) is 0 Å². The van der Waals surface area contributed by atoms with E-state index in [0.717, 1.165) is 25.1 Å². The highest BCUT2D eigenvalue weighted by Crippen LogP contribution is 2.28. The van der Waals surface area contributed by atoms with Crippen LogP contribution in [-0.2, 0) is 19.4 Å². The third-order valence-electron chi connectivity index (χ3n) is 4.15. The summed E-state index contributed by atoms with van der Waals surface area (Å²) in [6.45, 7) is 5.28. The van der Waals surface area contributed by atoms with E-state index in [-0.39, 0.29) is 0 Å². The first-order valence-corrected chi connectivity index (χ1v) is 7.73. The zero-order valence-electron chi connectivity index (χ0n) is 12.4. The lowest BCUT2D eigenvalue weighted by Gasteiger charge is -2.09. The van der Waals surface area contributed by atoms with Gasteiger partial charge >= 0.3 is 0 Å². The molecule has 2 heteroatoms. The van der Waals surface area contributed by atoms with Crippen molar-refractivity contribution in [3.8, 4) is 11.1 Å². The summed E-state index contributed by atoms with van der Waals surface area (Å²) in [6, 6.07) is 9.61. The van der Waals surface area contributed by atoms with Crippen LogP contribution in [0.15, 0.2) is 34.9 Å². The summed E-state index contributed by atoms with van der Waals surface area (Å²) in [5.41, 5.74) is 5.42. The molecule has 106 valence electrons. The molecule has 0 spiro atoms. The highest BCUT2D eigenvalue weighted by molar-refractivity contribution is 5.67. The summed E-state index contributed by atoms with van der Waals surface area (Å²) >= 11 is 0. The SMILES string of the molecule is CCc1ccc(-c2ccoc2CNC2CC2)cc1CC. The summed E-state index contributed by atoms with van der Waals surface area (Å²) < 4.78 is 5.66. The molecule has 0 saturated heterocycles. The number of hydrogen-bond donors (Lipinski definition) is 1. The standard InChI is InChI=1S/C18H23NO/c1-3-13-5-6-15(11-14(13)4-2)17-9-10-20-18(17)12-19-16-7-8-16/h5-6,9-11,16,19H,3-4,7-8,12H2,1-2H3. The van der Waals surface area contributed by atoms with Crippen molar-refractivity contribution < 1.29 is 4.42 Å². The normalized spacial score (nSPS) is 14.7. The fourth-order valence-corrected chi connectivity index (χ4v) is 2.73. The molecule has 0 atom stereocenters. The molecule has 0 radical (unpaired) electrons. The Bertz CT molecular complexity index is 581. The second-order valence-corrected chi connectivity index (χ2v) is 5.60. The zero-order valence-corrected chi connectivity index (χ0v) is 12.4. The minimum absolute atomic E-state index is 0.710. The maximum Gasteiger partial charge on any atom is 0.125 e. The van der Waals surface area contributed by atoms with E-state index < -0.39 is 0 Å². The van der Waals surface area contributed by atoms with Gasteiger partial charge in [-0.3, -0.25) is 0 Å². The largest absolute Gasteiger partial charge is 0.467 e. The summed E-state index contributed by atoms with van der Waals surface area (Å²) in [7, 11) is 0. The van der Waals surface area contributed by atoms with Gasteiger partial charge in [0.05, 0.1) is 12.8 Å². The van der Waals surface area contributed by atoms with E-state index in [1.807, 2.05) is 0 Å². The predicted octanol–water partition coefficient (Wildman–Crippen LogP) is 4.32. The second kappa shape index (κ2) is 5.84. The van der Waals surface area contributed by atoms with Gasteiger partial charge in [-0.2, -0.15) is 0 Å². The van der Waals surface area contributed by atoms with Crippen LogP contribution in [0.25, 0.3) is 11.1 Å². The fourth-order valence-electron chi connectivity index (χ4n) is 2.73. The Morgan fingerprint density at radius 2 is 1.90 bits per heavy atom. The molecule has 1 N–H and O–H groups in total. The lowest BCUT2D eigenvalue weighted by atomic mass is 9.96. The molecule has 1 heterocycles. The van der Waals surface area contributed by atoms with Gasteiger partial charge in [-0.25, -0.2) is 0 Å². The molecule has 1 aliphatic rings. The van der Waals surface area contributed by atoms with Gasteiger partial charge in [0.15, 0.2) is 0 Å². The van der Waals surface area contributed by atoms with Crippen molar-refractivity contribution >= 4 is 0 Å². The molecule has 2 nitrogen and oxygen atoms in total. The third-order valence-corrected chi connectivity index (χ3v) is 4.15. The molecule has 1 fully saturated rings. The quantitative estimate of drug-likeness (QED) is 0.844. The van der Waals surface area contributed by atoms with Crippen LogP contribution in [0.5, 0.6) is 0 Å². The van der Waals surface area contributed by atoms with Crippen LogP contribution in [0.4, 0.5) is 0 Å². The van der Waals surface area contributed by atoms with Gasteiger partial charge in [0.25, 0.3) is 0 Å². The van der Waals surface area contributed by atoms with Crippen LogP contribution in [-0.4, -0.2) is 6.04 Å². The van der Waals surface area contributed by atoms with Crippen LogP contribution in [0.2, 0.25) is 0 Å². The van der Waals surface area contributed by atoms with Crippen molar-refractivity contribution in [2.75, 3.05) is 0 Å². The number of furan rings is 1. The van der Waals surface area contributed by atoms with Crippen LogP contribution in [0.3, 0.4) is 0 Å².